The van der Waals surface area contributed by atoms with E-state index in [1.54, 1.807) is 6.07 Å². The summed E-state index contributed by atoms with van der Waals surface area (Å²) in [5, 5.41) is 0. The van der Waals surface area contributed by atoms with Crippen molar-refractivity contribution in [2.45, 2.75) is 43.9 Å². The normalized spacial score (nSPS) is 21.6. The number of nitrogens with zero attached hydrogens (tertiary/aromatic N) is 1. The molecule has 1 heterocycles. The molecule has 2 rings (SSSR count). The Hall–Kier alpha value is -0.940. The van der Waals surface area contributed by atoms with Crippen molar-refractivity contribution in [3.8, 4) is 0 Å². The van der Waals surface area contributed by atoms with Gasteiger partial charge in [0.15, 0.2) is 0 Å². The molecule has 112 valence electrons. The van der Waals surface area contributed by atoms with E-state index in [2.05, 4.69) is 6.92 Å². The molecule has 1 aliphatic heterocycles. The molecule has 0 aliphatic carbocycles. The van der Waals surface area contributed by atoms with Gasteiger partial charge in [-0.15, -0.1) is 0 Å². The topological polar surface area (TPSA) is 37.4 Å². The Morgan fingerprint density at radius 3 is 2.70 bits per heavy atom. The van der Waals surface area contributed by atoms with Crippen LogP contribution in [0.1, 0.15) is 39.0 Å². The first-order valence-electron chi connectivity index (χ1n) is 7.30. The SMILES string of the molecule is CCCC1CCCN(S(=O)(=O)c2ccccc2F)CC1. The fourth-order valence-corrected chi connectivity index (χ4v) is 4.43. The number of hydrogen-bond acceptors (Lipinski definition) is 2. The Labute approximate surface area is 120 Å². The maximum absolute atomic E-state index is 13.7. The molecule has 1 fully saturated rings. The van der Waals surface area contributed by atoms with E-state index in [1.807, 2.05) is 0 Å². The molecule has 0 amide bonds. The van der Waals surface area contributed by atoms with Crippen LogP contribution in [0.5, 0.6) is 0 Å². The zero-order valence-electron chi connectivity index (χ0n) is 11.9. The first kappa shape index (κ1) is 15.4. The summed E-state index contributed by atoms with van der Waals surface area (Å²) < 4.78 is 40.2. The zero-order chi connectivity index (χ0) is 14.6. The van der Waals surface area contributed by atoms with Crippen molar-refractivity contribution >= 4 is 10.0 Å². The number of benzene rings is 1. The quantitative estimate of drug-likeness (QED) is 0.854. The zero-order valence-corrected chi connectivity index (χ0v) is 12.7. The molecular weight excluding hydrogens is 277 g/mol. The third kappa shape index (κ3) is 3.38. The van der Waals surface area contributed by atoms with E-state index in [0.717, 1.165) is 32.1 Å². The van der Waals surface area contributed by atoms with Gasteiger partial charge >= 0.3 is 0 Å². The molecule has 1 atom stereocenters. The highest BCUT2D eigenvalue weighted by Crippen LogP contribution is 2.26. The number of rotatable bonds is 4. The molecule has 1 aromatic carbocycles. The molecule has 1 aromatic rings. The molecule has 0 saturated carbocycles. The van der Waals surface area contributed by atoms with Gasteiger partial charge in [-0.1, -0.05) is 31.9 Å². The first-order chi connectivity index (χ1) is 9.55. The van der Waals surface area contributed by atoms with Crippen LogP contribution in [0.4, 0.5) is 4.39 Å². The van der Waals surface area contributed by atoms with Crippen molar-refractivity contribution in [1.29, 1.82) is 0 Å². The lowest BCUT2D eigenvalue weighted by Gasteiger charge is -2.20. The smallest absolute Gasteiger partial charge is 0.207 e. The van der Waals surface area contributed by atoms with Crippen molar-refractivity contribution in [2.24, 2.45) is 5.92 Å². The van der Waals surface area contributed by atoms with E-state index in [-0.39, 0.29) is 4.90 Å². The van der Waals surface area contributed by atoms with Gasteiger partial charge in [-0.2, -0.15) is 4.31 Å². The number of halogens is 1. The van der Waals surface area contributed by atoms with E-state index in [9.17, 15) is 12.8 Å². The maximum Gasteiger partial charge on any atom is 0.245 e. The average molecular weight is 299 g/mol. The second-order valence-electron chi connectivity index (χ2n) is 5.42. The van der Waals surface area contributed by atoms with Crippen molar-refractivity contribution in [1.82, 2.24) is 4.31 Å². The summed E-state index contributed by atoms with van der Waals surface area (Å²) in [5.41, 5.74) is 0. The van der Waals surface area contributed by atoms with E-state index in [0.29, 0.717) is 19.0 Å². The van der Waals surface area contributed by atoms with E-state index >= 15 is 0 Å². The van der Waals surface area contributed by atoms with Gasteiger partial charge in [0, 0.05) is 13.1 Å². The Balaban J connectivity index is 2.16. The third-order valence-corrected chi connectivity index (χ3v) is 5.89. The summed E-state index contributed by atoms with van der Waals surface area (Å²) >= 11 is 0. The van der Waals surface area contributed by atoms with Crippen LogP contribution in [0, 0.1) is 11.7 Å². The van der Waals surface area contributed by atoms with Crippen LogP contribution in [-0.2, 0) is 10.0 Å². The van der Waals surface area contributed by atoms with Gasteiger partial charge in [-0.3, -0.25) is 0 Å². The lowest BCUT2D eigenvalue weighted by molar-refractivity contribution is 0.398. The van der Waals surface area contributed by atoms with Crippen LogP contribution < -0.4 is 0 Å². The average Bonchev–Trinajstić information content (AvgIpc) is 2.65. The highest BCUT2D eigenvalue weighted by atomic mass is 32.2. The van der Waals surface area contributed by atoms with Crippen LogP contribution in [-0.4, -0.2) is 25.8 Å². The van der Waals surface area contributed by atoms with Gasteiger partial charge in [0.2, 0.25) is 10.0 Å². The third-order valence-electron chi connectivity index (χ3n) is 3.96. The highest BCUT2D eigenvalue weighted by Gasteiger charge is 2.29. The highest BCUT2D eigenvalue weighted by molar-refractivity contribution is 7.89. The Kier molecular flexibility index (Phi) is 5.16. The van der Waals surface area contributed by atoms with Gasteiger partial charge in [-0.25, -0.2) is 12.8 Å². The number of sulfonamides is 1. The first-order valence-corrected chi connectivity index (χ1v) is 8.74. The minimum absolute atomic E-state index is 0.200. The van der Waals surface area contributed by atoms with Crippen molar-refractivity contribution < 1.29 is 12.8 Å². The summed E-state index contributed by atoms with van der Waals surface area (Å²) in [6.45, 7) is 3.15. The minimum atomic E-state index is -3.70. The van der Waals surface area contributed by atoms with E-state index in [1.165, 1.54) is 22.5 Å². The maximum atomic E-state index is 13.7. The molecule has 3 nitrogen and oxygen atoms in total. The molecule has 1 unspecified atom stereocenters. The van der Waals surface area contributed by atoms with Gasteiger partial charge in [0.05, 0.1) is 0 Å². The Bertz CT molecular complexity index is 545. The molecule has 0 bridgehead atoms. The fraction of sp³-hybridized carbons (Fsp3) is 0.600. The van der Waals surface area contributed by atoms with E-state index < -0.39 is 15.8 Å². The van der Waals surface area contributed by atoms with Crippen molar-refractivity contribution in [3.63, 3.8) is 0 Å². The lowest BCUT2D eigenvalue weighted by atomic mass is 9.96. The summed E-state index contributed by atoms with van der Waals surface area (Å²) in [6, 6.07) is 5.62. The molecule has 0 spiro atoms. The van der Waals surface area contributed by atoms with Crippen molar-refractivity contribution in [3.05, 3.63) is 30.1 Å². The summed E-state index contributed by atoms with van der Waals surface area (Å²) in [5.74, 6) is -0.0670. The van der Waals surface area contributed by atoms with Crippen LogP contribution in [0.15, 0.2) is 29.2 Å². The molecule has 0 radical (unpaired) electrons. The van der Waals surface area contributed by atoms with Gasteiger partial charge in [0.25, 0.3) is 0 Å². The van der Waals surface area contributed by atoms with Gasteiger partial charge in [0.1, 0.15) is 10.7 Å². The molecule has 0 aromatic heterocycles. The largest absolute Gasteiger partial charge is 0.245 e. The van der Waals surface area contributed by atoms with Gasteiger partial charge in [-0.05, 0) is 37.3 Å². The molecular formula is C15H22FNO2S. The Morgan fingerprint density at radius 2 is 2.00 bits per heavy atom. The molecule has 20 heavy (non-hydrogen) atoms. The predicted molar refractivity (Wildman–Crippen MR) is 77.4 cm³/mol. The monoisotopic (exact) mass is 299 g/mol. The second-order valence-corrected chi connectivity index (χ2v) is 7.33. The van der Waals surface area contributed by atoms with Crippen LogP contribution in [0.25, 0.3) is 0 Å². The lowest BCUT2D eigenvalue weighted by Crippen LogP contribution is -2.32. The van der Waals surface area contributed by atoms with Crippen molar-refractivity contribution in [2.75, 3.05) is 13.1 Å². The standard InChI is InChI=1S/C15H22FNO2S/c1-2-6-13-7-5-11-17(12-10-13)20(18,19)15-9-4-3-8-14(15)16/h3-4,8-9,13H,2,5-7,10-12H2,1H3. The molecule has 1 aliphatic rings. The summed E-state index contributed by atoms with van der Waals surface area (Å²) in [6.07, 6.45) is 5.08. The fourth-order valence-electron chi connectivity index (χ4n) is 2.87. The van der Waals surface area contributed by atoms with E-state index in [4.69, 9.17) is 0 Å². The summed E-state index contributed by atoms with van der Waals surface area (Å²) in [7, 11) is -3.70. The number of hydrogen-bond donors (Lipinski definition) is 0. The summed E-state index contributed by atoms with van der Waals surface area (Å²) in [4.78, 5) is -0.200. The predicted octanol–water partition coefficient (Wildman–Crippen LogP) is 3.42. The van der Waals surface area contributed by atoms with Crippen LogP contribution >= 0.6 is 0 Å². The molecule has 1 saturated heterocycles. The second kappa shape index (κ2) is 6.68. The molecule has 5 heteroatoms. The van der Waals surface area contributed by atoms with Crippen LogP contribution in [0.3, 0.4) is 0 Å². The van der Waals surface area contributed by atoms with Gasteiger partial charge < -0.3 is 0 Å². The Morgan fingerprint density at radius 1 is 1.25 bits per heavy atom. The molecule has 0 N–H and O–H groups in total. The minimum Gasteiger partial charge on any atom is -0.207 e. The van der Waals surface area contributed by atoms with Crippen LogP contribution in [0.2, 0.25) is 0 Å².